The Labute approximate surface area is 692 Å². The van der Waals surface area contributed by atoms with Crippen molar-refractivity contribution < 1.29 is 14.1 Å². The highest BCUT2D eigenvalue weighted by molar-refractivity contribution is 9.11. The molecule has 1 aliphatic rings. The molecule has 3 heterocycles. The van der Waals surface area contributed by atoms with Crippen LogP contribution in [0.1, 0.15) is 38.1 Å². The van der Waals surface area contributed by atoms with E-state index in [0.717, 1.165) is 74.5 Å². The number of benzene rings is 19. The summed E-state index contributed by atoms with van der Waals surface area (Å²) in [7, 11) is -0.425. The van der Waals surface area contributed by atoms with E-state index in [1.54, 1.807) is 6.07 Å². The lowest BCUT2D eigenvalue weighted by molar-refractivity contribution is 0.00578. The minimum absolute atomic E-state index is 0.395. The summed E-state index contributed by atoms with van der Waals surface area (Å²) < 4.78 is 16.2. The van der Waals surface area contributed by atoms with Crippen LogP contribution in [0, 0.1) is 0 Å². The molecular formula is C105H75BBr3N3O3. The Kier molecular flexibility index (Phi) is 20.2. The second-order valence-corrected chi connectivity index (χ2v) is 32.6. The Morgan fingerprint density at radius 1 is 0.287 bits per heavy atom. The van der Waals surface area contributed by atoms with Crippen molar-refractivity contribution in [3.63, 3.8) is 0 Å². The van der Waals surface area contributed by atoms with Gasteiger partial charge in [-0.3, -0.25) is 4.79 Å². The van der Waals surface area contributed by atoms with Gasteiger partial charge in [-0.15, -0.1) is 0 Å². The van der Waals surface area contributed by atoms with Gasteiger partial charge in [0.1, 0.15) is 0 Å². The molecule has 1 fully saturated rings. The number of nitrogen functional groups attached to an aromatic ring is 1. The summed E-state index contributed by atoms with van der Waals surface area (Å²) in [5.41, 5.74) is 19.4. The number of carbonyl (C=O) groups is 1. The summed E-state index contributed by atoms with van der Waals surface area (Å²) in [6.07, 6.45) is 0.823. The van der Waals surface area contributed by atoms with E-state index in [4.69, 9.17) is 25.0 Å². The third-order valence-electron chi connectivity index (χ3n) is 22.7. The van der Waals surface area contributed by atoms with Crippen molar-refractivity contribution in [3.05, 3.63) is 383 Å². The number of nitrogens with zero attached hydrogens (tertiary/aromatic N) is 2. The van der Waals surface area contributed by atoms with Gasteiger partial charge < -0.3 is 15.0 Å². The molecule has 0 amide bonds. The van der Waals surface area contributed by atoms with Crippen LogP contribution in [0.25, 0.3) is 174 Å². The average molecular weight is 1680 g/mol. The largest absolute Gasteiger partial charge is 0.496 e. The van der Waals surface area contributed by atoms with E-state index in [1.807, 2.05) is 60.7 Å². The first kappa shape index (κ1) is 74.2. The van der Waals surface area contributed by atoms with E-state index in [2.05, 4.69) is 373 Å². The molecule has 19 aromatic carbocycles. The molecule has 0 aliphatic carbocycles. The standard InChI is InChI=1S/C41H25N.C30H27BO2.C17H10BrN.C10H8BrN.C7H5BrO/c1-3-15-29-26(12-1)14-11-22-31(29)39-32-17-5-7-19-34(32)40(35-20-8-6-18-33(35)39)37-25-28-24-27-13-2-10-23-38(27)42-41(28)36-21-9-4-16-30(36)37;1-29(2)30(3,4)33-31(32-29)28-25-17-9-7-15-23(25)27(24-16-8-10-18-26(24)28)22-19-11-13-20-12-5-6-14-21(20)22;18-15-10-12-9-11-5-1-4-8-16(11)19-17(12)14-7-3-2-6-13(14)15;11-9-5-6-10(12)8-4-2-1-3-7(8)9;8-7-4-2-1-3-6(7)5-9/h1-25H;5-19H,1-4H3;1-10H;1-6H,12H2;1-5H. The summed E-state index contributed by atoms with van der Waals surface area (Å²) in [6.45, 7) is 8.45. The number of para-hydroxylation sites is 2. The lowest BCUT2D eigenvalue weighted by Crippen LogP contribution is -2.41. The Morgan fingerprint density at radius 3 is 1.08 bits per heavy atom. The maximum absolute atomic E-state index is 10.2. The number of hydrogen-bond donors (Lipinski definition) is 1. The molecule has 6 nitrogen and oxygen atoms in total. The van der Waals surface area contributed by atoms with Crippen LogP contribution < -0.4 is 11.2 Å². The van der Waals surface area contributed by atoms with E-state index in [9.17, 15) is 4.79 Å². The quantitative estimate of drug-likeness (QED) is 0.0607. The number of carbonyl (C=O) groups excluding carboxylic acids is 1. The third-order valence-corrected chi connectivity index (χ3v) is 24.8. The minimum Gasteiger partial charge on any atom is -0.399 e. The second-order valence-electron chi connectivity index (χ2n) is 30.1. The Hall–Kier alpha value is -12.2. The number of aromatic nitrogens is 2. The molecule has 2 N–H and O–H groups in total. The zero-order valence-electron chi connectivity index (χ0n) is 63.6. The van der Waals surface area contributed by atoms with E-state index >= 15 is 0 Å². The maximum Gasteiger partial charge on any atom is 0.496 e. The Balaban J connectivity index is 0.000000110. The molecule has 552 valence electrons. The molecule has 115 heavy (non-hydrogen) atoms. The summed E-state index contributed by atoms with van der Waals surface area (Å²) in [5.74, 6) is 0. The van der Waals surface area contributed by atoms with E-state index in [-0.39, 0.29) is 0 Å². The van der Waals surface area contributed by atoms with E-state index in [0.29, 0.717) is 5.56 Å². The number of pyridine rings is 2. The normalized spacial score (nSPS) is 12.9. The zero-order valence-corrected chi connectivity index (χ0v) is 68.4. The lowest BCUT2D eigenvalue weighted by Gasteiger charge is -2.32. The molecule has 2 aromatic heterocycles. The van der Waals surface area contributed by atoms with Crippen LogP contribution in [0.3, 0.4) is 0 Å². The van der Waals surface area contributed by atoms with Crippen molar-refractivity contribution in [1.29, 1.82) is 0 Å². The molecule has 10 heteroatoms. The number of halogens is 3. The van der Waals surface area contributed by atoms with E-state index in [1.165, 1.54) is 130 Å². The van der Waals surface area contributed by atoms with Crippen molar-refractivity contribution >= 4 is 213 Å². The number of nitrogens with two attached hydrogens (primary N) is 1. The topological polar surface area (TPSA) is 87.3 Å². The first-order valence-electron chi connectivity index (χ1n) is 38.6. The van der Waals surface area contributed by atoms with Crippen molar-refractivity contribution in [2.24, 2.45) is 0 Å². The average Bonchev–Trinajstić information content (AvgIpc) is 1.68. The molecular weight excluding hydrogens is 1600 g/mol. The molecule has 0 radical (unpaired) electrons. The van der Waals surface area contributed by atoms with Crippen LogP contribution in [0.5, 0.6) is 0 Å². The van der Waals surface area contributed by atoms with Gasteiger partial charge in [0.15, 0.2) is 6.29 Å². The molecule has 1 saturated heterocycles. The molecule has 1 aliphatic heterocycles. The monoisotopic (exact) mass is 1670 g/mol. The van der Waals surface area contributed by atoms with Gasteiger partial charge in [0.25, 0.3) is 0 Å². The maximum atomic E-state index is 10.2. The molecule has 21 aromatic rings. The van der Waals surface area contributed by atoms with Crippen LogP contribution in [0.4, 0.5) is 5.69 Å². The van der Waals surface area contributed by atoms with Gasteiger partial charge in [-0.2, -0.15) is 0 Å². The van der Waals surface area contributed by atoms with E-state index < -0.39 is 18.3 Å². The van der Waals surface area contributed by atoms with Crippen molar-refractivity contribution in [2.45, 2.75) is 38.9 Å². The number of rotatable bonds is 5. The Bertz CT molecular complexity index is 7250. The predicted octanol–water partition coefficient (Wildman–Crippen LogP) is 29.2. The fraction of sp³-hybridized carbons (Fsp3) is 0.0571. The molecule has 0 bridgehead atoms. The van der Waals surface area contributed by atoms with Gasteiger partial charge in [0, 0.05) is 62.4 Å². The smallest absolute Gasteiger partial charge is 0.399 e. The highest BCUT2D eigenvalue weighted by atomic mass is 79.9. The molecule has 0 atom stereocenters. The Morgan fingerprint density at radius 2 is 0.626 bits per heavy atom. The number of anilines is 1. The molecule has 0 unspecified atom stereocenters. The predicted molar refractivity (Wildman–Crippen MR) is 500 cm³/mol. The summed E-state index contributed by atoms with van der Waals surface area (Å²) in [5, 5.41) is 26.6. The van der Waals surface area contributed by atoms with Crippen molar-refractivity contribution in [2.75, 3.05) is 5.73 Å². The van der Waals surface area contributed by atoms with Crippen molar-refractivity contribution in [3.8, 4) is 33.4 Å². The van der Waals surface area contributed by atoms with Crippen LogP contribution in [0.15, 0.2) is 377 Å². The number of fused-ring (bicyclic) bond motifs is 15. The van der Waals surface area contributed by atoms with Gasteiger partial charge in [-0.1, -0.05) is 357 Å². The number of hydrogen-bond acceptors (Lipinski definition) is 6. The first-order valence-corrected chi connectivity index (χ1v) is 41.0. The zero-order chi connectivity index (χ0) is 78.5. The first-order chi connectivity index (χ1) is 56.2. The lowest BCUT2D eigenvalue weighted by atomic mass is 9.71. The summed E-state index contributed by atoms with van der Waals surface area (Å²) >= 11 is 10.4. The van der Waals surface area contributed by atoms with Crippen LogP contribution in [0.2, 0.25) is 0 Å². The fourth-order valence-electron chi connectivity index (χ4n) is 16.5. The highest BCUT2D eigenvalue weighted by Crippen LogP contribution is 2.49. The minimum atomic E-state index is -0.425. The fourth-order valence-corrected chi connectivity index (χ4v) is 18.0. The van der Waals surface area contributed by atoms with Crippen LogP contribution in [-0.2, 0) is 9.31 Å². The third kappa shape index (κ3) is 13.9. The summed E-state index contributed by atoms with van der Waals surface area (Å²) in [4.78, 5) is 20.2. The molecule has 22 rings (SSSR count). The molecule has 0 saturated carbocycles. The van der Waals surface area contributed by atoms with Gasteiger partial charge in [-0.25, -0.2) is 9.97 Å². The van der Waals surface area contributed by atoms with Gasteiger partial charge in [0.05, 0.1) is 33.3 Å². The van der Waals surface area contributed by atoms with Crippen LogP contribution >= 0.6 is 47.8 Å². The van der Waals surface area contributed by atoms with Gasteiger partial charge >= 0.3 is 7.12 Å². The SMILES string of the molecule is Brc1cc2cc3ccccc3nc2c2ccccc12.CC1(C)OB(c2c3ccccc3c(-c3cccc4ccccc34)c3ccccc23)OC1(C)C.Nc1ccc(Br)c2ccccc12.O=Cc1ccccc1Br.c1ccc2nc3c(cc(-c4c5ccccc5c(-c5cccc6ccccc56)c5ccccc45)c4ccccc43)cc2c1. The number of aldehydes is 1. The van der Waals surface area contributed by atoms with Crippen LogP contribution in [-0.4, -0.2) is 34.6 Å². The second kappa shape index (κ2) is 31.3. The molecule has 0 spiro atoms. The highest BCUT2D eigenvalue weighted by Gasteiger charge is 2.52. The summed E-state index contributed by atoms with van der Waals surface area (Å²) in [6, 6.07) is 128. The van der Waals surface area contributed by atoms with Gasteiger partial charge in [-0.05, 0) is 202 Å². The van der Waals surface area contributed by atoms with Crippen molar-refractivity contribution in [1.82, 2.24) is 9.97 Å². The van der Waals surface area contributed by atoms with Gasteiger partial charge in [0.2, 0.25) is 0 Å².